The van der Waals surface area contributed by atoms with E-state index < -0.39 is 15.3 Å². The summed E-state index contributed by atoms with van der Waals surface area (Å²) in [4.78, 5) is 4.28. The highest BCUT2D eigenvalue weighted by molar-refractivity contribution is 7.91. The maximum absolute atomic E-state index is 12.2. The third-order valence-corrected chi connectivity index (χ3v) is 5.25. The number of nitrogens with zero attached hydrogens (tertiary/aromatic N) is 3. The number of hydrogen-bond donors (Lipinski definition) is 0. The van der Waals surface area contributed by atoms with E-state index in [4.69, 9.17) is 0 Å². The summed E-state index contributed by atoms with van der Waals surface area (Å²) in [5, 5.41) is 9.42. The number of sulfone groups is 1. The van der Waals surface area contributed by atoms with Gasteiger partial charge in [0.2, 0.25) is 0 Å². The highest BCUT2D eigenvalue weighted by atomic mass is 32.2. The lowest BCUT2D eigenvalue weighted by molar-refractivity contribution is 0.592. The topological polar surface area (TPSA) is 75.2 Å². The lowest BCUT2D eigenvalue weighted by Crippen LogP contribution is -2.19. The van der Waals surface area contributed by atoms with Crippen molar-refractivity contribution in [3.63, 3.8) is 0 Å². The Morgan fingerprint density at radius 1 is 1.45 bits per heavy atom. The maximum Gasteiger partial charge on any atom is 0.194 e. The zero-order chi connectivity index (χ0) is 15.1. The van der Waals surface area contributed by atoms with E-state index in [1.54, 1.807) is 45.3 Å². The summed E-state index contributed by atoms with van der Waals surface area (Å²) >= 11 is 0. The molecule has 0 bridgehead atoms. The Morgan fingerprint density at radius 3 is 2.65 bits per heavy atom. The average molecular weight is 289 g/mol. The van der Waals surface area contributed by atoms with Gasteiger partial charge in [0.05, 0.1) is 17.2 Å². The molecule has 0 atom stereocenters. The van der Waals surface area contributed by atoms with E-state index in [1.165, 1.54) is 0 Å². The fraction of sp³-hybridized carbons (Fsp3) is 0.385. The Bertz CT molecular complexity index is 816. The minimum atomic E-state index is -3.36. The van der Waals surface area contributed by atoms with Crippen LogP contribution in [0.15, 0.2) is 23.4 Å². The minimum absolute atomic E-state index is 0.0213. The van der Waals surface area contributed by atoms with Crippen LogP contribution in [0.5, 0.6) is 0 Å². The number of rotatable bonds is 3. The zero-order valence-corrected chi connectivity index (χ0v) is 12.8. The Balaban J connectivity index is 2.82. The normalized spacial score (nSPS) is 12.5. The molecule has 2 aromatic heterocycles. The monoisotopic (exact) mass is 289 g/mol. The molecule has 0 aliphatic rings. The van der Waals surface area contributed by atoms with Gasteiger partial charge in [-0.2, -0.15) is 5.26 Å². The van der Waals surface area contributed by atoms with Gasteiger partial charge >= 0.3 is 0 Å². The molecule has 5 nitrogen and oxygen atoms in total. The summed E-state index contributed by atoms with van der Waals surface area (Å²) in [6.07, 6.45) is 1.70. The van der Waals surface area contributed by atoms with Gasteiger partial charge in [0.15, 0.2) is 22.7 Å². The second kappa shape index (κ2) is 4.63. The summed E-state index contributed by atoms with van der Waals surface area (Å²) in [6, 6.07) is 5.78. The van der Waals surface area contributed by atoms with Crippen molar-refractivity contribution in [2.75, 3.05) is 5.75 Å². The highest BCUT2D eigenvalue weighted by Crippen LogP contribution is 2.23. The number of imidazole rings is 1. The molecule has 0 aliphatic carbocycles. The predicted molar refractivity (Wildman–Crippen MR) is 79.7 cm³/mol. The summed E-state index contributed by atoms with van der Waals surface area (Å²) in [5.41, 5.74) is 1.14. The van der Waals surface area contributed by atoms with Crippen LogP contribution in [0.4, 0.5) is 0 Å². The summed E-state index contributed by atoms with van der Waals surface area (Å²) in [5.74, 6) is 0.0213. The molecule has 0 radical (unpaired) electrons. The van der Waals surface area contributed by atoms with E-state index in [1.807, 2.05) is 6.07 Å². The molecule has 0 aromatic carbocycles. The molecule has 7 heteroatoms. The first-order valence-corrected chi connectivity index (χ1v) is 8.01. The lowest BCUT2D eigenvalue weighted by atomic mass is 9.88. The van der Waals surface area contributed by atoms with Crippen LogP contribution in [-0.4, -0.2) is 31.4 Å². The molecule has 0 aliphatic heterocycles. The molecule has 104 valence electrons. The van der Waals surface area contributed by atoms with Gasteiger partial charge in [0.25, 0.3) is 0 Å². The lowest BCUT2D eigenvalue weighted by Gasteiger charge is -2.16. The van der Waals surface area contributed by atoms with Crippen LogP contribution in [0.3, 0.4) is 0 Å². The van der Waals surface area contributed by atoms with Crippen LogP contribution in [0.2, 0.25) is 0 Å². The number of pyridine rings is 1. The quantitative estimate of drug-likeness (QED) is 0.756. The third-order valence-electron chi connectivity index (χ3n) is 3.41. The van der Waals surface area contributed by atoms with Crippen LogP contribution in [0.25, 0.3) is 5.65 Å². The van der Waals surface area contributed by atoms with Crippen LogP contribution in [0, 0.1) is 11.3 Å². The van der Waals surface area contributed by atoms with Gasteiger partial charge in [-0.3, -0.25) is 4.40 Å². The van der Waals surface area contributed by atoms with E-state index in [0.717, 1.165) is 5.56 Å². The van der Waals surface area contributed by atoms with E-state index in [2.05, 4.69) is 11.1 Å². The standard InChI is InChI=1S/C13H16BN3O2S/c1-4-20(18,19)12-11(14)16-10-6-5-9(7-17(10)12)13(2,3)8-15/h5-7H,4,14H2,1-3H3. The molecule has 0 spiro atoms. The molecule has 20 heavy (non-hydrogen) atoms. The van der Waals surface area contributed by atoms with Crippen LogP contribution in [-0.2, 0) is 15.3 Å². The summed E-state index contributed by atoms with van der Waals surface area (Å²) in [6.45, 7) is 5.20. The van der Waals surface area contributed by atoms with Crippen LogP contribution < -0.4 is 5.59 Å². The van der Waals surface area contributed by atoms with Crippen LogP contribution in [0.1, 0.15) is 26.3 Å². The van der Waals surface area contributed by atoms with Gasteiger partial charge in [-0.25, -0.2) is 13.4 Å². The van der Waals surface area contributed by atoms with E-state index in [-0.39, 0.29) is 10.8 Å². The molecule has 0 amide bonds. The molecule has 2 rings (SSSR count). The van der Waals surface area contributed by atoms with Crippen LogP contribution >= 0.6 is 0 Å². The molecule has 0 saturated heterocycles. The number of aromatic nitrogens is 2. The maximum atomic E-state index is 12.2. The Hall–Kier alpha value is -1.81. The molecular weight excluding hydrogens is 273 g/mol. The van der Waals surface area contributed by atoms with Gasteiger partial charge in [-0.15, -0.1) is 0 Å². The van der Waals surface area contributed by atoms with E-state index >= 15 is 0 Å². The molecular formula is C13H16BN3O2S. The zero-order valence-electron chi connectivity index (χ0n) is 12.0. The first-order chi connectivity index (χ1) is 9.23. The van der Waals surface area contributed by atoms with Crippen molar-refractivity contribution in [2.45, 2.75) is 31.2 Å². The molecule has 0 saturated carbocycles. The minimum Gasteiger partial charge on any atom is -0.291 e. The molecule has 2 heterocycles. The second-order valence-electron chi connectivity index (χ2n) is 5.29. The largest absolute Gasteiger partial charge is 0.291 e. The SMILES string of the molecule is Bc1nc2ccc(C(C)(C)C#N)cn2c1S(=O)(=O)CC. The average Bonchev–Trinajstić information content (AvgIpc) is 2.74. The fourth-order valence-electron chi connectivity index (χ4n) is 2.09. The Labute approximate surface area is 119 Å². The number of hydrogen-bond acceptors (Lipinski definition) is 4. The summed E-state index contributed by atoms with van der Waals surface area (Å²) in [7, 11) is -1.68. The molecule has 0 unspecified atom stereocenters. The van der Waals surface area contributed by atoms with Gasteiger partial charge in [0, 0.05) is 11.8 Å². The van der Waals surface area contributed by atoms with Gasteiger partial charge in [-0.1, -0.05) is 13.0 Å². The fourth-order valence-corrected chi connectivity index (χ4v) is 3.30. The van der Waals surface area contributed by atoms with Crippen molar-refractivity contribution in [3.8, 4) is 6.07 Å². The van der Waals surface area contributed by atoms with Gasteiger partial charge in [0.1, 0.15) is 5.65 Å². The van der Waals surface area contributed by atoms with Gasteiger partial charge < -0.3 is 0 Å². The van der Waals surface area contributed by atoms with E-state index in [0.29, 0.717) is 11.2 Å². The van der Waals surface area contributed by atoms with E-state index in [9.17, 15) is 13.7 Å². The van der Waals surface area contributed by atoms with Crippen molar-refractivity contribution in [3.05, 3.63) is 23.9 Å². The van der Waals surface area contributed by atoms with Crippen molar-refractivity contribution >= 4 is 28.9 Å². The predicted octanol–water partition coefficient (Wildman–Crippen LogP) is 0.187. The van der Waals surface area contributed by atoms with Crippen molar-refractivity contribution in [1.29, 1.82) is 5.26 Å². The Morgan fingerprint density at radius 2 is 2.10 bits per heavy atom. The smallest absolute Gasteiger partial charge is 0.194 e. The number of fused-ring (bicyclic) bond motifs is 1. The van der Waals surface area contributed by atoms with Crippen molar-refractivity contribution < 1.29 is 8.42 Å². The highest BCUT2D eigenvalue weighted by Gasteiger charge is 2.24. The molecule has 2 aromatic rings. The van der Waals surface area contributed by atoms with Crippen molar-refractivity contribution in [1.82, 2.24) is 9.38 Å². The summed E-state index contributed by atoms with van der Waals surface area (Å²) < 4.78 is 26.0. The number of nitriles is 1. The van der Waals surface area contributed by atoms with Crippen molar-refractivity contribution in [2.24, 2.45) is 0 Å². The molecule has 0 fully saturated rings. The van der Waals surface area contributed by atoms with Gasteiger partial charge in [-0.05, 0) is 25.5 Å². The molecule has 0 N–H and O–H groups in total. The first kappa shape index (κ1) is 14.6. The second-order valence-corrected chi connectivity index (χ2v) is 7.48. The first-order valence-electron chi connectivity index (χ1n) is 6.36. The third kappa shape index (κ3) is 2.20. The Kier molecular flexibility index (Phi) is 3.38.